The highest BCUT2D eigenvalue weighted by Crippen LogP contribution is 2.32. The molecule has 152 valence electrons. The first-order valence-electron chi connectivity index (χ1n) is 9.77. The van der Waals surface area contributed by atoms with Gasteiger partial charge in [-0.2, -0.15) is 0 Å². The number of benzene rings is 2. The number of hydrogen-bond acceptors (Lipinski definition) is 5. The lowest BCUT2D eigenvalue weighted by molar-refractivity contribution is -0.155. The second-order valence-corrected chi connectivity index (χ2v) is 7.11. The van der Waals surface area contributed by atoms with E-state index < -0.39 is 12.1 Å². The van der Waals surface area contributed by atoms with E-state index in [9.17, 15) is 14.4 Å². The number of anilines is 1. The fourth-order valence-electron chi connectivity index (χ4n) is 3.46. The zero-order valence-electron chi connectivity index (χ0n) is 16.9. The van der Waals surface area contributed by atoms with Crippen molar-refractivity contribution in [1.29, 1.82) is 0 Å². The van der Waals surface area contributed by atoms with Crippen LogP contribution in [-0.4, -0.2) is 36.4 Å². The van der Waals surface area contributed by atoms with E-state index in [1.54, 1.807) is 43.0 Å². The number of ether oxygens (including phenoxy) is 2. The van der Waals surface area contributed by atoms with Crippen LogP contribution in [0.4, 0.5) is 5.69 Å². The van der Waals surface area contributed by atoms with Gasteiger partial charge in [0.2, 0.25) is 0 Å². The van der Waals surface area contributed by atoms with Crippen LogP contribution in [0.5, 0.6) is 5.75 Å². The Morgan fingerprint density at radius 2 is 1.79 bits per heavy atom. The van der Waals surface area contributed by atoms with Crippen LogP contribution in [0.25, 0.3) is 0 Å². The highest BCUT2D eigenvalue weighted by molar-refractivity contribution is 5.99. The molecule has 0 bridgehead atoms. The van der Waals surface area contributed by atoms with Gasteiger partial charge in [-0.05, 0) is 56.2 Å². The molecule has 1 aliphatic rings. The van der Waals surface area contributed by atoms with Crippen LogP contribution in [0.3, 0.4) is 0 Å². The molecule has 3 rings (SSSR count). The maximum absolute atomic E-state index is 12.8. The van der Waals surface area contributed by atoms with E-state index >= 15 is 0 Å². The molecule has 2 aromatic carbocycles. The monoisotopic (exact) mass is 395 g/mol. The molecule has 0 saturated carbocycles. The molecule has 2 atom stereocenters. The average Bonchev–Trinajstić information content (AvgIpc) is 3.07. The highest BCUT2D eigenvalue weighted by atomic mass is 16.6. The molecule has 0 N–H and O–H groups in total. The van der Waals surface area contributed by atoms with Crippen LogP contribution >= 0.6 is 0 Å². The van der Waals surface area contributed by atoms with Crippen molar-refractivity contribution in [3.05, 3.63) is 59.7 Å². The number of fused-ring (bicyclic) bond motifs is 1. The molecule has 6 heteroatoms. The van der Waals surface area contributed by atoms with Gasteiger partial charge in [0.05, 0.1) is 0 Å². The number of rotatable bonds is 7. The van der Waals surface area contributed by atoms with E-state index in [0.29, 0.717) is 17.7 Å². The summed E-state index contributed by atoms with van der Waals surface area (Å²) >= 11 is 0. The molecule has 0 unspecified atom stereocenters. The predicted molar refractivity (Wildman–Crippen MR) is 109 cm³/mol. The minimum Gasteiger partial charge on any atom is -0.482 e. The Morgan fingerprint density at radius 3 is 2.48 bits per heavy atom. The van der Waals surface area contributed by atoms with Crippen LogP contribution in [0.2, 0.25) is 0 Å². The lowest BCUT2D eigenvalue weighted by Crippen LogP contribution is -2.43. The average molecular weight is 395 g/mol. The zero-order chi connectivity index (χ0) is 21.0. The SMILES string of the molecule is CCC(=O)c1ccc(OCC(=O)O[C@H](C)C(=O)N2c3ccccc3C[C@H]2C)cc1. The van der Waals surface area contributed by atoms with E-state index in [1.807, 2.05) is 31.2 Å². The maximum atomic E-state index is 12.8. The van der Waals surface area contributed by atoms with Crippen LogP contribution < -0.4 is 9.64 Å². The van der Waals surface area contributed by atoms with Gasteiger partial charge >= 0.3 is 5.97 Å². The van der Waals surface area contributed by atoms with E-state index in [0.717, 1.165) is 17.7 Å². The molecule has 29 heavy (non-hydrogen) atoms. The Balaban J connectivity index is 1.54. The van der Waals surface area contributed by atoms with Crippen molar-refractivity contribution in [2.24, 2.45) is 0 Å². The molecule has 0 fully saturated rings. The normalized spacial score (nSPS) is 16.1. The van der Waals surface area contributed by atoms with Gasteiger partial charge in [-0.15, -0.1) is 0 Å². The van der Waals surface area contributed by atoms with Gasteiger partial charge in [-0.1, -0.05) is 25.1 Å². The molecule has 0 aliphatic carbocycles. The quantitative estimate of drug-likeness (QED) is 0.529. The van der Waals surface area contributed by atoms with Crippen molar-refractivity contribution in [2.45, 2.75) is 45.8 Å². The first kappa shape index (κ1) is 20.6. The number of esters is 1. The topological polar surface area (TPSA) is 72.9 Å². The van der Waals surface area contributed by atoms with Gasteiger partial charge in [0.15, 0.2) is 18.5 Å². The van der Waals surface area contributed by atoms with Crippen LogP contribution in [0, 0.1) is 0 Å². The van der Waals surface area contributed by atoms with E-state index in [2.05, 4.69) is 0 Å². The Bertz CT molecular complexity index is 906. The van der Waals surface area contributed by atoms with Crippen LogP contribution in [-0.2, 0) is 20.7 Å². The van der Waals surface area contributed by atoms with Gasteiger partial charge in [0, 0.05) is 23.7 Å². The van der Waals surface area contributed by atoms with Gasteiger partial charge in [0.1, 0.15) is 5.75 Å². The molecule has 1 heterocycles. The van der Waals surface area contributed by atoms with Crippen LogP contribution in [0.15, 0.2) is 48.5 Å². The first-order chi connectivity index (χ1) is 13.9. The lowest BCUT2D eigenvalue weighted by Gasteiger charge is -2.25. The molecule has 0 radical (unpaired) electrons. The van der Waals surface area contributed by atoms with Gasteiger partial charge in [-0.25, -0.2) is 4.79 Å². The first-order valence-corrected chi connectivity index (χ1v) is 9.77. The van der Waals surface area contributed by atoms with E-state index in [-0.39, 0.29) is 24.3 Å². The third kappa shape index (κ3) is 4.65. The summed E-state index contributed by atoms with van der Waals surface area (Å²) in [5.41, 5.74) is 2.58. The number of amides is 1. The summed E-state index contributed by atoms with van der Waals surface area (Å²) < 4.78 is 10.7. The molecular formula is C23H25NO5. The van der Waals surface area contributed by atoms with Crippen molar-refractivity contribution < 1.29 is 23.9 Å². The summed E-state index contributed by atoms with van der Waals surface area (Å²) in [6, 6.07) is 14.3. The molecule has 1 aliphatic heterocycles. The van der Waals surface area contributed by atoms with Gasteiger partial charge in [0.25, 0.3) is 5.91 Å². The molecule has 0 aromatic heterocycles. The molecule has 6 nitrogen and oxygen atoms in total. The fraction of sp³-hybridized carbons (Fsp3) is 0.348. The number of Topliss-reactive ketones (excluding diaryl/α,β-unsaturated/α-hetero) is 1. The summed E-state index contributed by atoms with van der Waals surface area (Å²) in [6.45, 7) is 5.03. The minimum absolute atomic E-state index is 0.0154. The summed E-state index contributed by atoms with van der Waals surface area (Å²) in [5.74, 6) is -0.380. The van der Waals surface area contributed by atoms with E-state index in [1.165, 1.54) is 0 Å². The van der Waals surface area contributed by atoms with Crippen molar-refractivity contribution in [3.63, 3.8) is 0 Å². The Labute approximate surface area is 170 Å². The van der Waals surface area contributed by atoms with Crippen molar-refractivity contribution in [1.82, 2.24) is 0 Å². The van der Waals surface area contributed by atoms with Crippen molar-refractivity contribution in [2.75, 3.05) is 11.5 Å². The minimum atomic E-state index is -0.913. The Morgan fingerprint density at radius 1 is 1.10 bits per heavy atom. The molecule has 1 amide bonds. The smallest absolute Gasteiger partial charge is 0.344 e. The Hall–Kier alpha value is -3.15. The number of carbonyl (C=O) groups is 3. The standard InChI is InChI=1S/C23H25NO5/c1-4-21(25)17-9-11-19(12-10-17)28-14-22(26)29-16(3)23(27)24-15(2)13-18-7-5-6-8-20(18)24/h5-12,15-16H,4,13-14H2,1-3H3/t15-,16-/m1/s1. The van der Waals surface area contributed by atoms with E-state index in [4.69, 9.17) is 9.47 Å². The number of hydrogen-bond donors (Lipinski definition) is 0. The maximum Gasteiger partial charge on any atom is 0.344 e. The zero-order valence-corrected chi connectivity index (χ0v) is 16.9. The van der Waals surface area contributed by atoms with Gasteiger partial charge in [-0.3, -0.25) is 9.59 Å². The Kier molecular flexibility index (Phi) is 6.32. The highest BCUT2D eigenvalue weighted by Gasteiger charge is 2.34. The fourth-order valence-corrected chi connectivity index (χ4v) is 3.46. The second-order valence-electron chi connectivity index (χ2n) is 7.11. The largest absolute Gasteiger partial charge is 0.482 e. The number of nitrogens with zero attached hydrogens (tertiary/aromatic N) is 1. The molecule has 2 aromatic rings. The summed E-state index contributed by atoms with van der Waals surface area (Å²) in [6.07, 6.45) is 0.296. The lowest BCUT2D eigenvalue weighted by atomic mass is 10.1. The molecule has 0 saturated heterocycles. The molecule has 0 spiro atoms. The summed E-state index contributed by atoms with van der Waals surface area (Å²) in [5, 5.41) is 0. The number of carbonyl (C=O) groups excluding carboxylic acids is 3. The van der Waals surface area contributed by atoms with Gasteiger partial charge < -0.3 is 14.4 Å². The summed E-state index contributed by atoms with van der Waals surface area (Å²) in [7, 11) is 0. The number of para-hydroxylation sites is 1. The third-order valence-electron chi connectivity index (χ3n) is 4.95. The van der Waals surface area contributed by atoms with Crippen LogP contribution in [0.1, 0.15) is 43.1 Å². The third-order valence-corrected chi connectivity index (χ3v) is 4.95. The number of ketones is 1. The van der Waals surface area contributed by atoms with Crippen molar-refractivity contribution in [3.8, 4) is 5.75 Å². The predicted octanol–water partition coefficient (Wildman–Crippen LogP) is 3.57. The molecular weight excluding hydrogens is 370 g/mol. The second kappa shape index (κ2) is 8.90. The summed E-state index contributed by atoms with van der Waals surface area (Å²) in [4.78, 5) is 38.3. The van der Waals surface area contributed by atoms with Crippen molar-refractivity contribution >= 4 is 23.3 Å².